The van der Waals surface area contributed by atoms with Crippen LogP contribution in [0.4, 0.5) is 7.10 Å². The first kappa shape index (κ1) is 8.82. The van der Waals surface area contributed by atoms with Gasteiger partial charge in [-0.2, -0.15) is 0 Å². The molecule has 0 N–H and O–H groups in total. The molecule has 0 unspecified atom stereocenters. The van der Waals surface area contributed by atoms with E-state index >= 15 is 0 Å². The maximum Gasteiger partial charge on any atom is 0 e. The fraction of sp³-hybridized carbons (Fsp3) is 0. The molecule has 0 aromatic heterocycles. The van der Waals surface area contributed by atoms with Gasteiger partial charge in [0.1, 0.15) is 0 Å². The van der Waals surface area contributed by atoms with Crippen LogP contribution in [0, 0.1) is 0 Å². The van der Waals surface area contributed by atoms with Crippen molar-refractivity contribution in [1.29, 1.82) is 0 Å². The normalized spacial score (nSPS) is 5.50. The molecule has 4 radical (unpaired) electrons. The van der Waals surface area contributed by atoms with Crippen LogP contribution in [-0.2, 0) is 15.9 Å². The topological polar surface area (TPSA) is 0 Å². The molecule has 0 aliphatic carbocycles. The Morgan fingerprint density at radius 1 is 1.25 bits per heavy atom. The van der Waals surface area contributed by atoms with Gasteiger partial charge in [-0.25, -0.2) is 0 Å². The summed E-state index contributed by atoms with van der Waals surface area (Å²) in [6.45, 7) is 0. The first-order chi connectivity index (χ1) is 1.41. The third-order valence-corrected chi connectivity index (χ3v) is 0. The predicted molar refractivity (Wildman–Crippen MR) is 7.97 cm³/mol. The van der Waals surface area contributed by atoms with Crippen molar-refractivity contribution in [3.05, 3.63) is 0 Å². The van der Waals surface area contributed by atoms with E-state index in [1.807, 2.05) is 0 Å². The molecular weight excluding hydrogens is 130 g/mol. The molecular formula is CuF2Si. The van der Waals surface area contributed by atoms with E-state index in [2.05, 4.69) is 0 Å². The fourth-order valence-corrected chi connectivity index (χ4v) is 0. The summed E-state index contributed by atoms with van der Waals surface area (Å²) in [5.74, 6) is 0. The van der Waals surface area contributed by atoms with E-state index < -0.39 is 15.9 Å². The van der Waals surface area contributed by atoms with Crippen molar-refractivity contribution in [3.63, 3.8) is 0 Å². The summed E-state index contributed by atoms with van der Waals surface area (Å²) in [6, 6.07) is 0. The monoisotopic (exact) mass is 129 g/mol. The Morgan fingerprint density at radius 2 is 1.25 bits per heavy atom. The van der Waals surface area contributed by atoms with Crippen LogP contribution in [-0.4, -0.2) is 11.0 Å². The van der Waals surface area contributed by atoms with Crippen molar-refractivity contribution in [3.8, 4) is 0 Å². The summed E-state index contributed by atoms with van der Waals surface area (Å²) >= 11 is -1.19. The third kappa shape index (κ3) is 18.6. The van der Waals surface area contributed by atoms with Crippen LogP contribution in [0.2, 0.25) is 0 Å². The van der Waals surface area contributed by atoms with Crippen molar-refractivity contribution in [2.75, 3.05) is 0 Å². The van der Waals surface area contributed by atoms with Crippen LogP contribution in [0.3, 0.4) is 0 Å². The van der Waals surface area contributed by atoms with E-state index in [9.17, 15) is 7.10 Å². The first-order valence-corrected chi connectivity index (χ1v) is 0.940. The Labute approximate surface area is 34.7 Å². The zero-order valence-corrected chi connectivity index (χ0v) is 3.50. The summed E-state index contributed by atoms with van der Waals surface area (Å²) in [7, 11) is 0. The third-order valence-electron chi connectivity index (χ3n) is 0. The molecule has 0 aliphatic heterocycles. The number of hydrogen-bond donors (Lipinski definition) is 0. The minimum Gasteiger partial charge on any atom is 0 e. The van der Waals surface area contributed by atoms with Crippen molar-refractivity contribution in [1.82, 2.24) is 0 Å². The molecule has 0 bridgehead atoms. The molecule has 4 heavy (non-hydrogen) atoms. The summed E-state index contributed by atoms with van der Waals surface area (Å²) in [5, 5.41) is 0. The molecule has 0 saturated heterocycles. The molecule has 0 aromatic rings. The average Bonchev–Trinajstić information content (AvgIpc) is 0.918. The van der Waals surface area contributed by atoms with Gasteiger partial charge in [0, 0.05) is 11.0 Å². The van der Waals surface area contributed by atoms with Crippen LogP contribution in [0.5, 0.6) is 0 Å². The molecule has 0 atom stereocenters. The Bertz CT molecular complexity index is 6.00. The van der Waals surface area contributed by atoms with E-state index in [1.165, 1.54) is 0 Å². The van der Waals surface area contributed by atoms with E-state index in [4.69, 9.17) is 0 Å². The van der Waals surface area contributed by atoms with Crippen molar-refractivity contribution < 1.29 is 23.0 Å². The summed E-state index contributed by atoms with van der Waals surface area (Å²) in [4.78, 5) is 0. The van der Waals surface area contributed by atoms with Gasteiger partial charge in [-0.1, -0.05) is 0 Å². The maximum absolute atomic E-state index is 9.53. The van der Waals surface area contributed by atoms with Crippen molar-refractivity contribution >= 4 is 11.0 Å². The van der Waals surface area contributed by atoms with E-state index in [0.29, 0.717) is 0 Å². The second kappa shape index (κ2) is 9.51. The van der Waals surface area contributed by atoms with E-state index in [-0.39, 0.29) is 11.0 Å². The molecule has 0 fully saturated rings. The van der Waals surface area contributed by atoms with Gasteiger partial charge in [0.05, 0.1) is 0 Å². The van der Waals surface area contributed by atoms with Gasteiger partial charge in [-0.15, -0.1) is 0 Å². The molecule has 0 aromatic carbocycles. The van der Waals surface area contributed by atoms with Crippen molar-refractivity contribution in [2.45, 2.75) is 0 Å². The molecule has 0 spiro atoms. The standard InChI is InChI=1S/Cu.2FH.Si/h;2*1H;/q+2;;;/p-2. The molecule has 0 aliphatic rings. The minimum absolute atomic E-state index is 0. The Morgan fingerprint density at radius 3 is 1.25 bits per heavy atom. The largest absolute Gasteiger partial charge is 0 e. The summed E-state index contributed by atoms with van der Waals surface area (Å²) < 4.78 is 19.1. The number of rotatable bonds is 0. The van der Waals surface area contributed by atoms with Gasteiger partial charge in [-0.3, -0.25) is 0 Å². The second-order valence-electron chi connectivity index (χ2n) is 0.0431. The van der Waals surface area contributed by atoms with Crippen LogP contribution in [0.15, 0.2) is 0 Å². The van der Waals surface area contributed by atoms with Crippen LogP contribution in [0.1, 0.15) is 0 Å². The Kier molecular flexibility index (Phi) is 21.0. The minimum atomic E-state index is -1.19. The van der Waals surface area contributed by atoms with Crippen LogP contribution < -0.4 is 0 Å². The van der Waals surface area contributed by atoms with E-state index in [1.54, 1.807) is 0 Å². The van der Waals surface area contributed by atoms with Gasteiger partial charge in [-0.05, 0) is 0 Å². The second-order valence-corrected chi connectivity index (χ2v) is 0.178. The number of hydrogen-bond acceptors (Lipinski definition) is 0. The molecule has 0 heterocycles. The molecule has 0 rings (SSSR count). The van der Waals surface area contributed by atoms with Crippen LogP contribution >= 0.6 is 0 Å². The molecule has 29 valence electrons. The number of halogens is 2. The summed E-state index contributed by atoms with van der Waals surface area (Å²) in [5.41, 5.74) is 0. The zero-order chi connectivity index (χ0) is 2.71. The van der Waals surface area contributed by atoms with Gasteiger partial charge < -0.3 is 0 Å². The Balaban J connectivity index is 0. The molecule has 0 nitrogen and oxygen atoms in total. The van der Waals surface area contributed by atoms with E-state index in [0.717, 1.165) is 0 Å². The molecule has 4 heteroatoms. The van der Waals surface area contributed by atoms with Crippen molar-refractivity contribution in [2.24, 2.45) is 0 Å². The molecule has 0 saturated carbocycles. The maximum atomic E-state index is 9.53. The van der Waals surface area contributed by atoms with Gasteiger partial charge in [0.15, 0.2) is 0 Å². The zero-order valence-electron chi connectivity index (χ0n) is 1.56. The summed E-state index contributed by atoms with van der Waals surface area (Å²) in [6.07, 6.45) is 0. The van der Waals surface area contributed by atoms with Gasteiger partial charge in [0.2, 0.25) is 0 Å². The quantitative estimate of drug-likeness (QED) is 0.417. The fourth-order valence-electron chi connectivity index (χ4n) is 0. The van der Waals surface area contributed by atoms with Gasteiger partial charge in [0.25, 0.3) is 0 Å². The smallest absolute Gasteiger partial charge is 0 e. The average molecular weight is 130 g/mol. The predicted octanol–water partition coefficient (Wildman–Crippen LogP) is 0.457. The Hall–Kier alpha value is 0.596. The SMILES string of the molecule is [F][Cu][F].[Si]. The van der Waals surface area contributed by atoms with Crippen LogP contribution in [0.25, 0.3) is 0 Å². The first-order valence-electron chi connectivity index (χ1n) is 0.228. The van der Waals surface area contributed by atoms with Gasteiger partial charge >= 0.3 is 23.0 Å². The molecule has 0 amide bonds.